The predicted molar refractivity (Wildman–Crippen MR) is 218 cm³/mol. The summed E-state index contributed by atoms with van der Waals surface area (Å²) >= 11 is 0. The van der Waals surface area contributed by atoms with Crippen molar-refractivity contribution in [2.24, 2.45) is 0 Å². The number of hydrogen-bond donors (Lipinski definition) is 6. The fraction of sp³-hybridized carbons (Fsp3) is 0.822. The zero-order valence-corrected chi connectivity index (χ0v) is 35.0. The minimum absolute atomic E-state index is 0.596. The average Bonchev–Trinajstić information content (AvgIpc) is 2.95. The van der Waals surface area contributed by atoms with Gasteiger partial charge in [-0.15, -0.1) is 6.58 Å². The van der Waals surface area contributed by atoms with Crippen LogP contribution in [-0.4, -0.2) is 64.2 Å². The van der Waals surface area contributed by atoms with Crippen LogP contribution in [0.2, 0.25) is 0 Å². The molecule has 0 heterocycles. The third kappa shape index (κ3) is 28.8. The predicted octanol–water partition coefficient (Wildman–Crippen LogP) is 10.7. The van der Waals surface area contributed by atoms with Crippen LogP contribution in [0.15, 0.2) is 47.6 Å². The van der Waals surface area contributed by atoms with Gasteiger partial charge in [0, 0.05) is 0 Å². The van der Waals surface area contributed by atoms with Crippen molar-refractivity contribution in [1.29, 1.82) is 0 Å². The smallest absolute Gasteiger partial charge is 0.0800 e. The zero-order valence-electron chi connectivity index (χ0n) is 35.0. The molecule has 6 heteroatoms. The highest BCUT2D eigenvalue weighted by atomic mass is 16.3. The molecule has 0 saturated heterocycles. The van der Waals surface area contributed by atoms with Gasteiger partial charge in [-0.1, -0.05) is 41.0 Å². The fourth-order valence-electron chi connectivity index (χ4n) is 6.91. The summed E-state index contributed by atoms with van der Waals surface area (Å²) in [5, 5.41) is 64.6. The molecular weight excluding hydrogens is 636 g/mol. The first-order valence-electron chi connectivity index (χ1n) is 20.2. The summed E-state index contributed by atoms with van der Waals surface area (Å²) in [6.07, 6.45) is 23.9. The quantitative estimate of drug-likeness (QED) is 0.0411. The molecule has 0 unspecified atom stereocenters. The van der Waals surface area contributed by atoms with Crippen LogP contribution in [-0.2, 0) is 0 Å². The summed E-state index contributed by atoms with van der Waals surface area (Å²) < 4.78 is 0. The summed E-state index contributed by atoms with van der Waals surface area (Å²) in [5.41, 5.74) is -0.834. The molecule has 0 aliphatic rings. The van der Waals surface area contributed by atoms with Gasteiger partial charge in [-0.05, 0) is 204 Å². The third-order valence-electron chi connectivity index (χ3n) is 10.9. The van der Waals surface area contributed by atoms with Gasteiger partial charge in [-0.3, -0.25) is 0 Å². The van der Waals surface area contributed by atoms with E-state index in [4.69, 9.17) is 0 Å². The Labute approximate surface area is 315 Å². The van der Waals surface area contributed by atoms with E-state index in [0.717, 1.165) is 70.6 Å². The van der Waals surface area contributed by atoms with Crippen LogP contribution >= 0.6 is 0 Å². The van der Waals surface area contributed by atoms with E-state index >= 15 is 0 Å². The average molecular weight is 721 g/mol. The van der Waals surface area contributed by atoms with Gasteiger partial charge in [0.15, 0.2) is 0 Å². The van der Waals surface area contributed by atoms with Crippen molar-refractivity contribution in [3.8, 4) is 0 Å². The summed E-state index contributed by atoms with van der Waals surface area (Å²) in [5.74, 6) is 0. The van der Waals surface area contributed by atoms with Gasteiger partial charge in [0.2, 0.25) is 0 Å². The number of rotatable bonds is 30. The molecule has 0 saturated carbocycles. The Kier molecular flexibility index (Phi) is 22.9. The first kappa shape index (κ1) is 49.7. The maximum atomic E-state index is 11.0. The first-order valence-corrected chi connectivity index (χ1v) is 20.2. The Balaban J connectivity index is 4.35. The molecule has 0 aromatic rings. The van der Waals surface area contributed by atoms with Crippen LogP contribution < -0.4 is 0 Å². The molecular formula is C45H84O6. The van der Waals surface area contributed by atoms with Crippen molar-refractivity contribution in [1.82, 2.24) is 0 Å². The summed E-state index contributed by atoms with van der Waals surface area (Å²) in [6, 6.07) is 0. The van der Waals surface area contributed by atoms with Gasteiger partial charge in [0.1, 0.15) is 0 Å². The Morgan fingerprint density at radius 2 is 0.725 bits per heavy atom. The SMILES string of the molecule is C=C[C@@](C)(O)CC/C=C(\C)CC/C=C(\C)CCC[C@](C)(O)CCC[C@](C)(O)CCC[C@@](C)(O)CCC[C@](C)(O)CCC[C@](C)(O)CCC=C(C)C. The second kappa shape index (κ2) is 23.5. The van der Waals surface area contributed by atoms with Crippen molar-refractivity contribution >= 4 is 0 Å². The van der Waals surface area contributed by atoms with Crippen LogP contribution in [0.1, 0.15) is 204 Å². The maximum absolute atomic E-state index is 11.0. The van der Waals surface area contributed by atoms with Crippen molar-refractivity contribution in [3.05, 3.63) is 47.6 Å². The Morgan fingerprint density at radius 3 is 1.10 bits per heavy atom. The number of allylic oxidation sites excluding steroid dienone is 6. The van der Waals surface area contributed by atoms with E-state index in [9.17, 15) is 30.6 Å². The highest BCUT2D eigenvalue weighted by Crippen LogP contribution is 2.31. The molecule has 0 spiro atoms. The highest BCUT2D eigenvalue weighted by Gasteiger charge is 2.28. The molecule has 0 rings (SSSR count). The molecule has 6 atom stereocenters. The molecule has 51 heavy (non-hydrogen) atoms. The fourth-order valence-corrected chi connectivity index (χ4v) is 6.91. The standard InChI is InChI=1S/C45H84O6/c1-12-40(6,46)26-15-24-38(4)22-13-23-39(5)25-16-28-42(8,48)30-18-32-44(10,50)34-20-36-45(11,51)35-19-33-43(9,49)31-17-29-41(7,47)27-14-21-37(2)3/h12,21,23-24,46-51H,1,13-20,22,25-36H2,2-11H3/b38-24+,39-23+/t40-,41-,42+,43-,44+,45+/m1/s1. The van der Waals surface area contributed by atoms with E-state index in [1.54, 1.807) is 13.0 Å². The summed E-state index contributed by atoms with van der Waals surface area (Å²) in [4.78, 5) is 0. The van der Waals surface area contributed by atoms with Crippen LogP contribution in [0.25, 0.3) is 0 Å². The summed E-state index contributed by atoms with van der Waals surface area (Å²) in [6.45, 7) is 23.3. The number of hydrogen-bond acceptors (Lipinski definition) is 6. The Morgan fingerprint density at radius 1 is 0.412 bits per heavy atom. The Bertz CT molecular complexity index is 1050. The molecule has 0 aromatic heterocycles. The van der Waals surface area contributed by atoms with Gasteiger partial charge in [0.05, 0.1) is 33.6 Å². The van der Waals surface area contributed by atoms with Gasteiger partial charge in [-0.2, -0.15) is 0 Å². The number of aliphatic hydroxyl groups is 6. The minimum atomic E-state index is -0.846. The van der Waals surface area contributed by atoms with Gasteiger partial charge in [0.25, 0.3) is 0 Å². The minimum Gasteiger partial charge on any atom is -0.390 e. The Hall–Kier alpha value is -1.28. The third-order valence-corrected chi connectivity index (χ3v) is 10.9. The van der Waals surface area contributed by atoms with Crippen molar-refractivity contribution in [2.75, 3.05) is 0 Å². The lowest BCUT2D eigenvalue weighted by atomic mass is 9.84. The lowest BCUT2D eigenvalue weighted by Gasteiger charge is -2.30. The molecule has 0 aliphatic heterocycles. The molecule has 0 fully saturated rings. The molecule has 300 valence electrons. The van der Waals surface area contributed by atoms with Crippen LogP contribution in [0.5, 0.6) is 0 Å². The maximum Gasteiger partial charge on any atom is 0.0800 e. The second-order valence-electron chi connectivity index (χ2n) is 18.3. The normalized spacial score (nSPS) is 19.9. The van der Waals surface area contributed by atoms with E-state index in [1.165, 1.54) is 16.7 Å². The molecule has 0 aromatic carbocycles. The van der Waals surface area contributed by atoms with Crippen molar-refractivity contribution in [2.45, 2.75) is 238 Å². The molecule has 0 amide bonds. The van der Waals surface area contributed by atoms with Crippen molar-refractivity contribution in [3.63, 3.8) is 0 Å². The molecule has 6 N–H and O–H groups in total. The molecule has 6 nitrogen and oxygen atoms in total. The molecule has 0 aliphatic carbocycles. The second-order valence-corrected chi connectivity index (χ2v) is 18.3. The van der Waals surface area contributed by atoms with Gasteiger partial charge < -0.3 is 30.6 Å². The lowest BCUT2D eigenvalue weighted by Crippen LogP contribution is -2.30. The zero-order chi connectivity index (χ0) is 39.4. The van der Waals surface area contributed by atoms with Crippen molar-refractivity contribution < 1.29 is 30.6 Å². The van der Waals surface area contributed by atoms with Crippen LogP contribution in [0.4, 0.5) is 0 Å². The lowest BCUT2D eigenvalue weighted by molar-refractivity contribution is -0.00580. The van der Waals surface area contributed by atoms with E-state index < -0.39 is 33.6 Å². The monoisotopic (exact) mass is 721 g/mol. The van der Waals surface area contributed by atoms with E-state index in [1.807, 2.05) is 34.6 Å². The molecule has 0 bridgehead atoms. The van der Waals surface area contributed by atoms with E-state index in [-0.39, 0.29) is 0 Å². The van der Waals surface area contributed by atoms with Gasteiger partial charge in [-0.25, -0.2) is 0 Å². The van der Waals surface area contributed by atoms with Gasteiger partial charge >= 0.3 is 0 Å². The van der Waals surface area contributed by atoms with Crippen LogP contribution in [0, 0.1) is 0 Å². The van der Waals surface area contributed by atoms with Crippen LogP contribution in [0.3, 0.4) is 0 Å². The van der Waals surface area contributed by atoms with E-state index in [0.29, 0.717) is 64.2 Å². The van der Waals surface area contributed by atoms with E-state index in [2.05, 4.69) is 52.5 Å². The first-order chi connectivity index (χ1) is 23.3. The largest absolute Gasteiger partial charge is 0.390 e. The summed E-state index contributed by atoms with van der Waals surface area (Å²) in [7, 11) is 0. The topological polar surface area (TPSA) is 121 Å². The molecule has 0 radical (unpaired) electrons. The highest BCUT2D eigenvalue weighted by molar-refractivity contribution is 5.05.